The normalized spacial score (nSPS) is 10.7. The summed E-state index contributed by atoms with van der Waals surface area (Å²) >= 11 is 0. The smallest absolute Gasteiger partial charge is 0.341 e. The van der Waals surface area contributed by atoms with E-state index in [1.165, 1.54) is 7.11 Å². The summed E-state index contributed by atoms with van der Waals surface area (Å²) in [5, 5.41) is 3.91. The SMILES string of the molecule is COC(=O)c1c(C)nc(Nc2nc(C)c3cccc(OC)c3n2)nc1C. The van der Waals surface area contributed by atoms with E-state index < -0.39 is 5.97 Å². The fourth-order valence-corrected chi connectivity index (χ4v) is 2.77. The molecule has 0 amide bonds. The van der Waals surface area contributed by atoms with Crippen LogP contribution in [0.25, 0.3) is 10.9 Å². The lowest BCUT2D eigenvalue weighted by atomic mass is 10.2. The van der Waals surface area contributed by atoms with Crippen LogP contribution in [0.3, 0.4) is 0 Å². The van der Waals surface area contributed by atoms with Gasteiger partial charge in [0.2, 0.25) is 11.9 Å². The van der Waals surface area contributed by atoms with Crippen LogP contribution in [0.2, 0.25) is 0 Å². The largest absolute Gasteiger partial charge is 0.494 e. The van der Waals surface area contributed by atoms with E-state index in [2.05, 4.69) is 25.3 Å². The van der Waals surface area contributed by atoms with Gasteiger partial charge < -0.3 is 9.47 Å². The molecule has 3 aromatic rings. The summed E-state index contributed by atoms with van der Waals surface area (Å²) in [6.07, 6.45) is 0. The van der Waals surface area contributed by atoms with E-state index in [4.69, 9.17) is 9.47 Å². The van der Waals surface area contributed by atoms with E-state index >= 15 is 0 Å². The second kappa shape index (κ2) is 6.91. The fourth-order valence-electron chi connectivity index (χ4n) is 2.77. The van der Waals surface area contributed by atoms with Gasteiger partial charge in [-0.2, -0.15) is 0 Å². The Labute approximate surface area is 150 Å². The molecule has 0 atom stereocenters. The van der Waals surface area contributed by atoms with Gasteiger partial charge in [0, 0.05) is 5.39 Å². The van der Waals surface area contributed by atoms with E-state index in [0.717, 1.165) is 11.1 Å². The Balaban J connectivity index is 2.03. The number of esters is 1. The molecule has 0 fully saturated rings. The van der Waals surface area contributed by atoms with Crippen LogP contribution in [0.5, 0.6) is 5.75 Å². The zero-order chi connectivity index (χ0) is 18.8. The second-order valence-electron chi connectivity index (χ2n) is 5.70. The third-order valence-corrected chi connectivity index (χ3v) is 3.98. The molecule has 26 heavy (non-hydrogen) atoms. The van der Waals surface area contributed by atoms with Crippen molar-refractivity contribution in [1.29, 1.82) is 0 Å². The molecule has 1 aromatic carbocycles. The van der Waals surface area contributed by atoms with Gasteiger partial charge in [-0.05, 0) is 26.8 Å². The number of methoxy groups -OCH3 is 2. The van der Waals surface area contributed by atoms with Crippen LogP contribution in [0.15, 0.2) is 18.2 Å². The first-order valence-corrected chi connectivity index (χ1v) is 7.96. The summed E-state index contributed by atoms with van der Waals surface area (Å²) in [5.41, 5.74) is 2.89. The lowest BCUT2D eigenvalue weighted by Crippen LogP contribution is -2.12. The third kappa shape index (κ3) is 3.13. The molecular weight excluding hydrogens is 334 g/mol. The molecule has 0 saturated carbocycles. The summed E-state index contributed by atoms with van der Waals surface area (Å²) in [6, 6.07) is 5.67. The number of para-hydroxylation sites is 1. The molecule has 0 aliphatic rings. The Hall–Kier alpha value is -3.29. The van der Waals surface area contributed by atoms with Crippen molar-refractivity contribution in [2.24, 2.45) is 0 Å². The molecule has 2 aromatic heterocycles. The lowest BCUT2D eigenvalue weighted by Gasteiger charge is -2.11. The molecule has 8 nitrogen and oxygen atoms in total. The average molecular weight is 353 g/mol. The van der Waals surface area contributed by atoms with E-state index in [-0.39, 0.29) is 0 Å². The molecular formula is C18H19N5O3. The molecule has 0 aliphatic carbocycles. The minimum Gasteiger partial charge on any atom is -0.494 e. The highest BCUT2D eigenvalue weighted by Gasteiger charge is 2.17. The number of ether oxygens (including phenoxy) is 2. The Morgan fingerprint density at radius 2 is 1.54 bits per heavy atom. The molecule has 0 aliphatic heterocycles. The van der Waals surface area contributed by atoms with Crippen molar-refractivity contribution < 1.29 is 14.3 Å². The fraction of sp³-hybridized carbons (Fsp3) is 0.278. The number of hydrogen-bond donors (Lipinski definition) is 1. The molecule has 0 unspecified atom stereocenters. The second-order valence-corrected chi connectivity index (χ2v) is 5.70. The summed E-state index contributed by atoms with van der Waals surface area (Å²) in [5.74, 6) is 0.852. The highest BCUT2D eigenvalue weighted by atomic mass is 16.5. The maximum atomic E-state index is 11.8. The first kappa shape index (κ1) is 17.5. The van der Waals surface area contributed by atoms with E-state index in [1.807, 2.05) is 25.1 Å². The highest BCUT2D eigenvalue weighted by molar-refractivity contribution is 5.91. The van der Waals surface area contributed by atoms with Crippen LogP contribution in [0.4, 0.5) is 11.9 Å². The van der Waals surface area contributed by atoms with E-state index in [1.54, 1.807) is 21.0 Å². The Morgan fingerprint density at radius 3 is 2.15 bits per heavy atom. The highest BCUT2D eigenvalue weighted by Crippen LogP contribution is 2.27. The first-order chi connectivity index (χ1) is 12.4. The molecule has 2 heterocycles. The van der Waals surface area contributed by atoms with Gasteiger partial charge in [-0.15, -0.1) is 0 Å². The Morgan fingerprint density at radius 1 is 0.923 bits per heavy atom. The summed E-state index contributed by atoms with van der Waals surface area (Å²) < 4.78 is 10.1. The number of aryl methyl sites for hydroxylation is 3. The van der Waals surface area contributed by atoms with Crippen molar-refractivity contribution in [3.63, 3.8) is 0 Å². The lowest BCUT2D eigenvalue weighted by molar-refractivity contribution is 0.0598. The molecule has 134 valence electrons. The molecule has 0 spiro atoms. The minimum absolute atomic E-state index is 0.307. The average Bonchev–Trinajstić information content (AvgIpc) is 2.60. The van der Waals surface area contributed by atoms with Crippen molar-refractivity contribution in [3.05, 3.63) is 40.8 Å². The van der Waals surface area contributed by atoms with E-state index in [0.29, 0.717) is 40.1 Å². The molecule has 0 bridgehead atoms. The first-order valence-electron chi connectivity index (χ1n) is 7.96. The summed E-state index contributed by atoms with van der Waals surface area (Å²) in [7, 11) is 2.92. The topological polar surface area (TPSA) is 99.1 Å². The predicted octanol–water partition coefficient (Wildman–Crippen LogP) is 2.88. The van der Waals surface area contributed by atoms with Crippen LogP contribution in [0, 0.1) is 20.8 Å². The van der Waals surface area contributed by atoms with Crippen LogP contribution in [-0.2, 0) is 4.74 Å². The number of aromatic nitrogens is 4. The maximum absolute atomic E-state index is 11.8. The van der Waals surface area contributed by atoms with Crippen LogP contribution < -0.4 is 10.1 Å². The monoisotopic (exact) mass is 353 g/mol. The van der Waals surface area contributed by atoms with Crippen LogP contribution >= 0.6 is 0 Å². The van der Waals surface area contributed by atoms with Crippen molar-refractivity contribution in [3.8, 4) is 5.75 Å². The van der Waals surface area contributed by atoms with Gasteiger partial charge in [0.25, 0.3) is 0 Å². The van der Waals surface area contributed by atoms with Gasteiger partial charge >= 0.3 is 5.97 Å². The predicted molar refractivity (Wildman–Crippen MR) is 97.0 cm³/mol. The standard InChI is InChI=1S/C18H19N5O3/c1-9-12-7-6-8-13(25-4)15(12)22-18(19-9)23-17-20-10(2)14(11(3)21-17)16(24)26-5/h6-8H,1-5H3,(H,19,20,21,22,23). The maximum Gasteiger partial charge on any atom is 0.341 e. The summed E-state index contributed by atoms with van der Waals surface area (Å²) in [4.78, 5) is 29.4. The van der Waals surface area contributed by atoms with Crippen molar-refractivity contribution in [2.75, 3.05) is 19.5 Å². The number of hydrogen-bond acceptors (Lipinski definition) is 8. The molecule has 1 N–H and O–H groups in total. The number of benzene rings is 1. The Kier molecular flexibility index (Phi) is 4.66. The Bertz CT molecular complexity index is 981. The van der Waals surface area contributed by atoms with Crippen molar-refractivity contribution >= 4 is 28.8 Å². The van der Waals surface area contributed by atoms with Crippen molar-refractivity contribution in [2.45, 2.75) is 20.8 Å². The number of carbonyl (C=O) groups is 1. The van der Waals surface area contributed by atoms with Gasteiger partial charge in [-0.25, -0.2) is 24.7 Å². The minimum atomic E-state index is -0.464. The van der Waals surface area contributed by atoms with E-state index in [9.17, 15) is 4.79 Å². The van der Waals surface area contributed by atoms with Crippen LogP contribution in [0.1, 0.15) is 27.4 Å². The molecule has 0 radical (unpaired) electrons. The number of rotatable bonds is 4. The number of fused-ring (bicyclic) bond motifs is 1. The number of nitrogens with one attached hydrogen (secondary N) is 1. The van der Waals surface area contributed by atoms with Gasteiger partial charge in [0.05, 0.1) is 31.3 Å². The zero-order valence-electron chi connectivity index (χ0n) is 15.2. The van der Waals surface area contributed by atoms with Crippen molar-refractivity contribution in [1.82, 2.24) is 19.9 Å². The molecule has 8 heteroatoms. The zero-order valence-corrected chi connectivity index (χ0v) is 15.2. The van der Waals surface area contributed by atoms with Crippen LogP contribution in [-0.4, -0.2) is 40.1 Å². The summed E-state index contributed by atoms with van der Waals surface area (Å²) in [6.45, 7) is 5.34. The number of carbonyl (C=O) groups excluding carboxylic acids is 1. The van der Waals surface area contributed by atoms with Gasteiger partial charge in [-0.3, -0.25) is 5.32 Å². The van der Waals surface area contributed by atoms with Gasteiger partial charge in [0.1, 0.15) is 16.8 Å². The van der Waals surface area contributed by atoms with Gasteiger partial charge in [-0.1, -0.05) is 12.1 Å². The molecule has 3 rings (SSSR count). The van der Waals surface area contributed by atoms with Gasteiger partial charge in [0.15, 0.2) is 0 Å². The molecule has 0 saturated heterocycles. The third-order valence-electron chi connectivity index (χ3n) is 3.98. The quantitative estimate of drug-likeness (QED) is 0.715. The number of anilines is 2. The number of nitrogens with zero attached hydrogens (tertiary/aromatic N) is 4.